The fourth-order valence-corrected chi connectivity index (χ4v) is 6.02. The monoisotopic (exact) mass is 420 g/mol. The predicted octanol–water partition coefficient (Wildman–Crippen LogP) is 3.41. The Morgan fingerprint density at radius 1 is 1.18 bits per heavy atom. The number of nitrogens with one attached hydrogen (secondary N) is 2. The average molecular weight is 421 g/mol. The summed E-state index contributed by atoms with van der Waals surface area (Å²) in [4.78, 5) is 13.6. The van der Waals surface area contributed by atoms with E-state index >= 15 is 0 Å². The molecule has 0 bridgehead atoms. The lowest BCUT2D eigenvalue weighted by molar-refractivity contribution is -0.120. The van der Waals surface area contributed by atoms with Crippen LogP contribution in [0.1, 0.15) is 47.3 Å². The van der Waals surface area contributed by atoms with Gasteiger partial charge in [-0.3, -0.25) is 4.79 Å². The molecule has 1 fully saturated rings. The van der Waals surface area contributed by atoms with E-state index in [2.05, 4.69) is 21.5 Å². The Morgan fingerprint density at radius 2 is 1.93 bits per heavy atom. The summed E-state index contributed by atoms with van der Waals surface area (Å²) >= 11 is 1.73. The molecule has 0 atom stereocenters. The standard InChI is InChI=1S/C21H28N2O3S2/c1-16-7-8-17(2)18(12-16)14-28(25,26)23-13-20(24)22-15-21(9-3-4-10-21)19-6-5-11-27-19/h5-8,11-12,23H,3-4,9-10,13-15H2,1-2H3,(H,22,24). The molecule has 7 heteroatoms. The minimum Gasteiger partial charge on any atom is -0.354 e. The van der Waals surface area contributed by atoms with Gasteiger partial charge in [-0.25, -0.2) is 13.1 Å². The van der Waals surface area contributed by atoms with Gasteiger partial charge in [0.2, 0.25) is 15.9 Å². The minimum absolute atomic E-state index is 0.00137. The smallest absolute Gasteiger partial charge is 0.235 e. The normalized spacial score (nSPS) is 16.2. The summed E-state index contributed by atoms with van der Waals surface area (Å²) in [6, 6.07) is 9.93. The number of amides is 1. The highest BCUT2D eigenvalue weighted by Gasteiger charge is 2.36. The van der Waals surface area contributed by atoms with Crippen molar-refractivity contribution in [2.45, 2.75) is 50.7 Å². The van der Waals surface area contributed by atoms with Gasteiger partial charge >= 0.3 is 0 Å². The molecule has 1 saturated carbocycles. The molecule has 0 radical (unpaired) electrons. The first kappa shape index (κ1) is 21.0. The molecule has 0 aliphatic heterocycles. The fourth-order valence-electron chi connectivity index (χ4n) is 3.86. The molecule has 2 N–H and O–H groups in total. The Kier molecular flexibility index (Phi) is 6.58. The van der Waals surface area contributed by atoms with Crippen molar-refractivity contribution in [3.63, 3.8) is 0 Å². The quantitative estimate of drug-likeness (QED) is 0.687. The number of hydrogen-bond acceptors (Lipinski definition) is 4. The van der Waals surface area contributed by atoms with Crippen LogP contribution in [0.5, 0.6) is 0 Å². The van der Waals surface area contributed by atoms with Gasteiger partial charge in [-0.15, -0.1) is 11.3 Å². The largest absolute Gasteiger partial charge is 0.354 e. The van der Waals surface area contributed by atoms with Gasteiger partial charge in [0.05, 0.1) is 12.3 Å². The van der Waals surface area contributed by atoms with Gasteiger partial charge in [-0.1, -0.05) is 42.7 Å². The lowest BCUT2D eigenvalue weighted by Gasteiger charge is -2.28. The zero-order valence-corrected chi connectivity index (χ0v) is 18.1. The molecule has 1 amide bonds. The molecule has 1 heterocycles. The third-order valence-electron chi connectivity index (χ3n) is 5.53. The zero-order chi connectivity index (χ0) is 20.2. The second-order valence-electron chi connectivity index (χ2n) is 7.75. The van der Waals surface area contributed by atoms with E-state index in [9.17, 15) is 13.2 Å². The molecule has 3 rings (SSSR count). The second-order valence-corrected chi connectivity index (χ2v) is 10.5. The van der Waals surface area contributed by atoms with Crippen LogP contribution in [0.15, 0.2) is 35.7 Å². The number of thiophene rings is 1. The van der Waals surface area contributed by atoms with Crippen molar-refractivity contribution in [2.24, 2.45) is 0 Å². The third kappa shape index (κ3) is 5.21. The Bertz CT molecular complexity index is 915. The summed E-state index contributed by atoms with van der Waals surface area (Å²) in [7, 11) is -3.57. The van der Waals surface area contributed by atoms with Crippen LogP contribution in [0.3, 0.4) is 0 Å². The van der Waals surface area contributed by atoms with Crippen molar-refractivity contribution in [1.82, 2.24) is 10.0 Å². The molecule has 1 aliphatic carbocycles. The number of aryl methyl sites for hydroxylation is 2. The first-order valence-electron chi connectivity index (χ1n) is 9.64. The highest BCUT2D eigenvalue weighted by molar-refractivity contribution is 7.88. The van der Waals surface area contributed by atoms with Crippen molar-refractivity contribution in [1.29, 1.82) is 0 Å². The topological polar surface area (TPSA) is 75.3 Å². The van der Waals surface area contributed by atoms with Crippen LogP contribution in [0, 0.1) is 13.8 Å². The van der Waals surface area contributed by atoms with Crippen molar-refractivity contribution in [3.05, 3.63) is 57.3 Å². The summed E-state index contributed by atoms with van der Waals surface area (Å²) in [6.45, 7) is 4.16. The van der Waals surface area contributed by atoms with E-state index < -0.39 is 10.0 Å². The summed E-state index contributed by atoms with van der Waals surface area (Å²) in [5.41, 5.74) is 2.71. The molecule has 1 aromatic heterocycles. The van der Waals surface area contributed by atoms with Gasteiger partial charge in [0.25, 0.3) is 0 Å². The van der Waals surface area contributed by atoms with Gasteiger partial charge < -0.3 is 5.32 Å². The average Bonchev–Trinajstić information content (AvgIpc) is 3.33. The van der Waals surface area contributed by atoms with E-state index in [0.29, 0.717) is 6.54 Å². The Hall–Kier alpha value is -1.70. The molecule has 1 aliphatic rings. The summed E-state index contributed by atoms with van der Waals surface area (Å²) in [6.07, 6.45) is 4.45. The molecule has 5 nitrogen and oxygen atoms in total. The van der Waals surface area contributed by atoms with Gasteiger partial charge in [0, 0.05) is 16.8 Å². The van der Waals surface area contributed by atoms with Crippen LogP contribution in [0.4, 0.5) is 0 Å². The SMILES string of the molecule is Cc1ccc(C)c(CS(=O)(=O)NCC(=O)NCC2(c3cccs3)CCCC2)c1. The number of benzene rings is 1. The van der Waals surface area contributed by atoms with Gasteiger partial charge in [0.1, 0.15) is 0 Å². The summed E-state index contributed by atoms with van der Waals surface area (Å²) in [5, 5.41) is 5.02. The zero-order valence-electron chi connectivity index (χ0n) is 16.5. The number of hydrogen-bond donors (Lipinski definition) is 2. The highest BCUT2D eigenvalue weighted by atomic mass is 32.2. The van der Waals surface area contributed by atoms with E-state index in [1.54, 1.807) is 11.3 Å². The maximum atomic E-state index is 12.4. The van der Waals surface area contributed by atoms with Gasteiger partial charge in [-0.05, 0) is 49.3 Å². The van der Waals surface area contributed by atoms with Crippen LogP contribution >= 0.6 is 11.3 Å². The number of carbonyl (C=O) groups is 1. The first-order valence-corrected chi connectivity index (χ1v) is 12.2. The molecule has 28 heavy (non-hydrogen) atoms. The van der Waals surface area contributed by atoms with E-state index in [0.717, 1.165) is 42.4 Å². The molecule has 2 aromatic rings. The van der Waals surface area contributed by atoms with Gasteiger partial charge in [0.15, 0.2) is 0 Å². The molecular formula is C21H28N2O3S2. The summed E-state index contributed by atoms with van der Waals surface area (Å²) in [5.74, 6) is -0.403. The minimum atomic E-state index is -3.57. The molecule has 152 valence electrons. The molecular weight excluding hydrogens is 392 g/mol. The third-order valence-corrected chi connectivity index (χ3v) is 7.92. The van der Waals surface area contributed by atoms with Crippen LogP contribution in [-0.4, -0.2) is 27.4 Å². The van der Waals surface area contributed by atoms with Crippen LogP contribution in [0.25, 0.3) is 0 Å². The van der Waals surface area contributed by atoms with Gasteiger partial charge in [-0.2, -0.15) is 0 Å². The van der Waals surface area contributed by atoms with E-state index in [1.807, 2.05) is 38.1 Å². The van der Waals surface area contributed by atoms with E-state index in [-0.39, 0.29) is 23.6 Å². The molecule has 0 unspecified atom stereocenters. The Morgan fingerprint density at radius 3 is 2.61 bits per heavy atom. The lowest BCUT2D eigenvalue weighted by atomic mass is 9.84. The molecule has 0 spiro atoms. The lowest BCUT2D eigenvalue weighted by Crippen LogP contribution is -2.43. The second kappa shape index (κ2) is 8.76. The maximum absolute atomic E-state index is 12.4. The van der Waals surface area contributed by atoms with Crippen molar-refractivity contribution >= 4 is 27.3 Å². The molecule has 1 aromatic carbocycles. The Balaban J connectivity index is 1.54. The first-order chi connectivity index (χ1) is 13.3. The van der Waals surface area contributed by atoms with Crippen molar-refractivity contribution < 1.29 is 13.2 Å². The molecule has 0 saturated heterocycles. The maximum Gasteiger partial charge on any atom is 0.235 e. The number of carbonyl (C=O) groups excluding carboxylic acids is 1. The predicted molar refractivity (Wildman–Crippen MR) is 114 cm³/mol. The highest BCUT2D eigenvalue weighted by Crippen LogP contribution is 2.42. The van der Waals surface area contributed by atoms with E-state index in [1.165, 1.54) is 4.88 Å². The number of rotatable bonds is 8. The van der Waals surface area contributed by atoms with E-state index in [4.69, 9.17) is 0 Å². The Labute approximate surface area is 171 Å². The van der Waals surface area contributed by atoms with Crippen molar-refractivity contribution in [2.75, 3.05) is 13.1 Å². The van der Waals surface area contributed by atoms with Crippen molar-refractivity contribution in [3.8, 4) is 0 Å². The van der Waals surface area contributed by atoms with Crippen LogP contribution in [-0.2, 0) is 26.0 Å². The fraction of sp³-hybridized carbons (Fsp3) is 0.476. The summed E-state index contributed by atoms with van der Waals surface area (Å²) < 4.78 is 27.2. The number of sulfonamides is 1. The van der Waals surface area contributed by atoms with Crippen LogP contribution in [0.2, 0.25) is 0 Å². The van der Waals surface area contributed by atoms with Crippen LogP contribution < -0.4 is 10.0 Å².